The van der Waals surface area contributed by atoms with Crippen LogP contribution in [0.2, 0.25) is 0 Å². The van der Waals surface area contributed by atoms with Crippen LogP contribution < -0.4 is 9.64 Å². The minimum absolute atomic E-state index is 0.0581. The third-order valence-corrected chi connectivity index (χ3v) is 6.02. The normalized spacial score (nSPS) is 14.2. The molecule has 0 atom stereocenters. The fourth-order valence-electron chi connectivity index (χ4n) is 4.37. The van der Waals surface area contributed by atoms with E-state index in [0.29, 0.717) is 59.4 Å². The Balaban J connectivity index is 1.46. The predicted octanol–water partition coefficient (Wildman–Crippen LogP) is 3.85. The van der Waals surface area contributed by atoms with Crippen LogP contribution in [-0.4, -0.2) is 62.8 Å². The van der Waals surface area contributed by atoms with E-state index in [0.717, 1.165) is 11.6 Å². The van der Waals surface area contributed by atoms with Crippen LogP contribution in [0.3, 0.4) is 0 Å². The first-order valence-corrected chi connectivity index (χ1v) is 11.5. The lowest BCUT2D eigenvalue weighted by molar-refractivity contribution is -0.140. The molecule has 37 heavy (non-hydrogen) atoms. The number of fused-ring (bicyclic) bond motifs is 2. The summed E-state index contributed by atoms with van der Waals surface area (Å²) >= 11 is 0. The van der Waals surface area contributed by atoms with E-state index >= 15 is 0 Å². The Morgan fingerprint density at radius 1 is 1.11 bits per heavy atom. The van der Waals surface area contributed by atoms with Gasteiger partial charge < -0.3 is 14.5 Å². The molecule has 0 aliphatic carbocycles. The van der Waals surface area contributed by atoms with Gasteiger partial charge in [-0.1, -0.05) is 0 Å². The number of ether oxygens (including phenoxy) is 1. The molecule has 1 amide bonds. The van der Waals surface area contributed by atoms with E-state index in [1.165, 1.54) is 12.3 Å². The zero-order valence-electron chi connectivity index (χ0n) is 20.7. The number of nitrogens with zero attached hydrogens (tertiary/aromatic N) is 7. The van der Waals surface area contributed by atoms with Gasteiger partial charge in [0, 0.05) is 24.8 Å². The van der Waals surface area contributed by atoms with E-state index < -0.39 is 11.9 Å². The second kappa shape index (κ2) is 9.11. The smallest absolute Gasteiger partial charge is 0.433 e. The number of hydrogen-bond acceptors (Lipinski definition) is 7. The van der Waals surface area contributed by atoms with Crippen molar-refractivity contribution >= 4 is 22.6 Å². The Labute approximate surface area is 210 Å². The molecule has 4 aromatic rings. The van der Waals surface area contributed by atoms with Crippen molar-refractivity contribution in [2.45, 2.75) is 19.6 Å². The topological polar surface area (TPSA) is 89.3 Å². The van der Waals surface area contributed by atoms with Crippen LogP contribution in [0.5, 0.6) is 5.75 Å². The molecule has 9 nitrogen and oxygen atoms in total. The van der Waals surface area contributed by atoms with Crippen molar-refractivity contribution < 1.29 is 22.7 Å². The summed E-state index contributed by atoms with van der Waals surface area (Å²) in [4.78, 5) is 29.4. The van der Waals surface area contributed by atoms with Gasteiger partial charge in [0.15, 0.2) is 17.3 Å². The fraction of sp³-hybridized carbons (Fsp3) is 0.320. The number of rotatable bonds is 4. The quantitative estimate of drug-likeness (QED) is 0.411. The molecule has 0 radical (unpaired) electrons. The van der Waals surface area contributed by atoms with Gasteiger partial charge in [-0.2, -0.15) is 18.3 Å². The Hall–Kier alpha value is -4.06. The van der Waals surface area contributed by atoms with Crippen LogP contribution in [0.4, 0.5) is 18.9 Å². The number of aryl methyl sites for hydroxylation is 2. The maximum absolute atomic E-state index is 13.6. The summed E-state index contributed by atoms with van der Waals surface area (Å²) in [6.45, 7) is 3.09. The van der Waals surface area contributed by atoms with E-state index in [-0.39, 0.29) is 11.4 Å². The number of benzene rings is 1. The lowest BCUT2D eigenvalue weighted by atomic mass is 10.1. The van der Waals surface area contributed by atoms with Crippen LogP contribution in [0.25, 0.3) is 22.4 Å². The van der Waals surface area contributed by atoms with Crippen LogP contribution >= 0.6 is 0 Å². The highest BCUT2D eigenvalue weighted by Gasteiger charge is 2.33. The molecular formula is C25H24F3N7O2. The Kier molecular flexibility index (Phi) is 6.06. The molecule has 3 aromatic heterocycles. The van der Waals surface area contributed by atoms with Gasteiger partial charge in [0.1, 0.15) is 23.5 Å². The first kappa shape index (κ1) is 24.6. The van der Waals surface area contributed by atoms with E-state index in [2.05, 4.69) is 20.1 Å². The van der Waals surface area contributed by atoms with E-state index in [1.54, 1.807) is 22.7 Å². The predicted molar refractivity (Wildman–Crippen MR) is 130 cm³/mol. The summed E-state index contributed by atoms with van der Waals surface area (Å²) in [6, 6.07) is 7.61. The highest BCUT2D eigenvalue weighted by Crippen LogP contribution is 2.33. The summed E-state index contributed by atoms with van der Waals surface area (Å²) in [5, 5.41) is 4.49. The third-order valence-electron chi connectivity index (χ3n) is 6.02. The van der Waals surface area contributed by atoms with Crippen LogP contribution in [0, 0.1) is 6.92 Å². The summed E-state index contributed by atoms with van der Waals surface area (Å²) in [5.74, 6) is 0.637. The van der Waals surface area contributed by atoms with Crippen molar-refractivity contribution in [2.24, 2.45) is 7.05 Å². The maximum Gasteiger partial charge on any atom is 0.433 e. The Bertz CT molecular complexity index is 1510. The maximum atomic E-state index is 13.6. The first-order valence-electron chi connectivity index (χ1n) is 11.5. The van der Waals surface area contributed by atoms with Gasteiger partial charge in [0.05, 0.1) is 18.3 Å². The van der Waals surface area contributed by atoms with Gasteiger partial charge >= 0.3 is 6.18 Å². The molecule has 0 unspecified atom stereocenters. The number of alkyl halides is 3. The van der Waals surface area contributed by atoms with Crippen LogP contribution in [0.1, 0.15) is 27.4 Å². The summed E-state index contributed by atoms with van der Waals surface area (Å²) < 4.78 is 46.4. The zero-order valence-corrected chi connectivity index (χ0v) is 20.7. The van der Waals surface area contributed by atoms with Crippen molar-refractivity contribution in [3.05, 3.63) is 59.2 Å². The van der Waals surface area contributed by atoms with E-state index in [1.807, 2.05) is 38.1 Å². The van der Waals surface area contributed by atoms with Gasteiger partial charge in [-0.15, -0.1) is 0 Å². The molecule has 1 aromatic carbocycles. The van der Waals surface area contributed by atoms with Gasteiger partial charge in [0.2, 0.25) is 0 Å². The second-order valence-corrected chi connectivity index (χ2v) is 9.08. The average molecular weight is 512 g/mol. The second-order valence-electron chi connectivity index (χ2n) is 9.08. The molecule has 0 spiro atoms. The van der Waals surface area contributed by atoms with Crippen LogP contribution in [-0.2, 0) is 19.8 Å². The molecule has 0 saturated heterocycles. The summed E-state index contributed by atoms with van der Waals surface area (Å²) in [5.41, 5.74) is 2.64. The SMILES string of the molecule is Cc1cc(-c2ncc3nc(C(F)(F)F)ccc3n2)ccc1N1CCOc2c(CN(C)C)nn(C)c2C1=O. The van der Waals surface area contributed by atoms with Gasteiger partial charge in [-0.3, -0.25) is 9.48 Å². The number of aromatic nitrogens is 5. The highest BCUT2D eigenvalue weighted by atomic mass is 19.4. The number of carbonyl (C=O) groups is 1. The molecule has 5 rings (SSSR count). The molecule has 4 heterocycles. The lowest BCUT2D eigenvalue weighted by Gasteiger charge is -2.22. The molecule has 0 saturated carbocycles. The van der Waals surface area contributed by atoms with E-state index in [4.69, 9.17) is 4.74 Å². The molecule has 1 aliphatic rings. The van der Waals surface area contributed by atoms with Crippen molar-refractivity contribution in [3.8, 4) is 17.1 Å². The standard InChI is InChI=1S/C25H24F3N7O2/c1-14-11-15(23-29-12-17-16(31-23)6-8-20(30-17)25(26,27)28)5-7-19(14)35-9-10-37-22-18(13-33(2)3)32-34(4)21(22)24(35)36/h5-8,11-12H,9-10,13H2,1-4H3. The molecule has 1 aliphatic heterocycles. The van der Waals surface area contributed by atoms with Crippen molar-refractivity contribution in [3.63, 3.8) is 0 Å². The molecule has 0 fully saturated rings. The number of halogens is 3. The number of pyridine rings is 1. The molecule has 0 bridgehead atoms. The van der Waals surface area contributed by atoms with Gasteiger partial charge in [-0.25, -0.2) is 15.0 Å². The Morgan fingerprint density at radius 3 is 2.59 bits per heavy atom. The van der Waals surface area contributed by atoms with E-state index in [9.17, 15) is 18.0 Å². The minimum Gasteiger partial charge on any atom is -0.487 e. The monoisotopic (exact) mass is 511 g/mol. The van der Waals surface area contributed by atoms with Crippen molar-refractivity contribution in [1.29, 1.82) is 0 Å². The highest BCUT2D eigenvalue weighted by molar-refractivity contribution is 6.07. The van der Waals surface area contributed by atoms with Crippen LogP contribution in [0.15, 0.2) is 36.5 Å². The number of anilines is 1. The number of carbonyl (C=O) groups excluding carboxylic acids is 1. The summed E-state index contributed by atoms with van der Waals surface area (Å²) in [7, 11) is 5.57. The lowest BCUT2D eigenvalue weighted by Crippen LogP contribution is -2.34. The Morgan fingerprint density at radius 2 is 1.89 bits per heavy atom. The van der Waals surface area contributed by atoms with Crippen molar-refractivity contribution in [2.75, 3.05) is 32.1 Å². The largest absolute Gasteiger partial charge is 0.487 e. The molecular weight excluding hydrogens is 487 g/mol. The summed E-state index contributed by atoms with van der Waals surface area (Å²) in [6.07, 6.45) is -3.26. The third kappa shape index (κ3) is 4.59. The molecule has 0 N–H and O–H groups in total. The minimum atomic E-state index is -4.54. The average Bonchev–Trinajstić information content (AvgIpc) is 3.02. The van der Waals surface area contributed by atoms with Crippen molar-refractivity contribution in [1.82, 2.24) is 29.6 Å². The number of amides is 1. The van der Waals surface area contributed by atoms with Gasteiger partial charge in [0.25, 0.3) is 5.91 Å². The van der Waals surface area contributed by atoms with Gasteiger partial charge in [-0.05, 0) is 56.9 Å². The molecule has 12 heteroatoms. The molecule has 192 valence electrons. The number of hydrogen-bond donors (Lipinski definition) is 0. The zero-order chi connectivity index (χ0) is 26.5. The first-order chi connectivity index (χ1) is 17.5. The fourth-order valence-corrected chi connectivity index (χ4v) is 4.37.